The van der Waals surface area contributed by atoms with Crippen molar-refractivity contribution in [2.45, 2.75) is 6.18 Å². The summed E-state index contributed by atoms with van der Waals surface area (Å²) in [4.78, 5) is 24.8. The van der Waals surface area contributed by atoms with Gasteiger partial charge in [-0.25, -0.2) is 0 Å². The third-order valence-corrected chi connectivity index (χ3v) is 4.38. The fourth-order valence-electron chi connectivity index (χ4n) is 2.59. The molecule has 156 valence electrons. The summed E-state index contributed by atoms with van der Waals surface area (Å²) >= 11 is 5.59. The Morgan fingerprint density at radius 1 is 1.20 bits per heavy atom. The fourth-order valence-corrected chi connectivity index (χ4v) is 2.82. The maximum Gasteiger partial charge on any atom is 0.417 e. The Morgan fingerprint density at radius 3 is 2.60 bits per heavy atom. The van der Waals surface area contributed by atoms with Crippen LogP contribution in [-0.4, -0.2) is 28.1 Å². The summed E-state index contributed by atoms with van der Waals surface area (Å²) in [6, 6.07) is 9.13. The number of aromatic nitrogens is 2. The summed E-state index contributed by atoms with van der Waals surface area (Å²) < 4.78 is 46.0. The second-order valence-corrected chi connectivity index (χ2v) is 6.66. The van der Waals surface area contributed by atoms with Crippen LogP contribution in [0.2, 0.25) is 5.02 Å². The molecule has 30 heavy (non-hydrogen) atoms. The molecule has 0 saturated heterocycles. The van der Waals surface area contributed by atoms with E-state index in [2.05, 4.69) is 10.4 Å². The number of Topliss-reactive ketones (excluding diaryl/α,β-unsaturated/α-hetero) is 1. The number of ketones is 1. The molecule has 0 saturated carbocycles. The van der Waals surface area contributed by atoms with Gasteiger partial charge in [-0.3, -0.25) is 14.3 Å². The maximum atomic E-state index is 13.0. The predicted octanol–water partition coefficient (Wildman–Crippen LogP) is 4.61. The Hall–Kier alpha value is -3.33. The number of carbonyl (C=O) groups is 2. The molecule has 0 aliphatic carbocycles. The number of para-hydroxylation sites is 1. The van der Waals surface area contributed by atoms with Crippen molar-refractivity contribution < 1.29 is 27.5 Å². The average molecular weight is 438 g/mol. The Bertz CT molecular complexity index is 1100. The molecule has 0 aliphatic rings. The quantitative estimate of drug-likeness (QED) is 0.572. The number of amides is 1. The molecule has 0 unspecified atom stereocenters. The van der Waals surface area contributed by atoms with E-state index in [1.54, 1.807) is 19.2 Å². The molecule has 1 amide bonds. The normalized spacial score (nSPS) is 11.2. The third-order valence-electron chi connectivity index (χ3n) is 4.05. The van der Waals surface area contributed by atoms with E-state index < -0.39 is 22.7 Å². The summed E-state index contributed by atoms with van der Waals surface area (Å²) in [7, 11) is 1.66. The minimum absolute atomic E-state index is 0.0556. The van der Waals surface area contributed by atoms with Gasteiger partial charge in [0.05, 0.1) is 27.9 Å². The van der Waals surface area contributed by atoms with Crippen LogP contribution in [0.15, 0.2) is 54.9 Å². The van der Waals surface area contributed by atoms with Crippen molar-refractivity contribution in [2.24, 2.45) is 7.05 Å². The highest BCUT2D eigenvalue weighted by Gasteiger charge is 2.33. The molecule has 1 N–H and O–H groups in total. The van der Waals surface area contributed by atoms with Crippen LogP contribution < -0.4 is 10.1 Å². The van der Waals surface area contributed by atoms with Crippen LogP contribution in [0.1, 0.15) is 26.3 Å². The molecule has 0 bridgehead atoms. The van der Waals surface area contributed by atoms with E-state index >= 15 is 0 Å². The number of nitrogens with zero attached hydrogens (tertiary/aromatic N) is 2. The number of aryl methyl sites for hydroxylation is 1. The molecule has 10 heteroatoms. The average Bonchev–Trinajstić information content (AvgIpc) is 3.13. The first-order chi connectivity index (χ1) is 14.1. The number of nitrogens with one attached hydrogen (secondary N) is 1. The molecule has 2 aromatic carbocycles. The zero-order valence-corrected chi connectivity index (χ0v) is 16.3. The van der Waals surface area contributed by atoms with Crippen LogP contribution in [-0.2, 0) is 13.2 Å². The Balaban J connectivity index is 1.75. The van der Waals surface area contributed by atoms with Gasteiger partial charge in [0.25, 0.3) is 5.91 Å². The monoisotopic (exact) mass is 437 g/mol. The molecule has 1 aromatic heterocycles. The summed E-state index contributed by atoms with van der Waals surface area (Å²) in [6.07, 6.45) is -1.74. The van der Waals surface area contributed by atoms with Crippen molar-refractivity contribution >= 4 is 29.0 Å². The van der Waals surface area contributed by atoms with Crippen LogP contribution in [0, 0.1) is 0 Å². The largest absolute Gasteiger partial charge is 0.485 e. The number of rotatable bonds is 6. The highest BCUT2D eigenvalue weighted by Crippen LogP contribution is 2.36. The number of hydrogen-bond acceptors (Lipinski definition) is 4. The lowest BCUT2D eigenvalue weighted by Gasteiger charge is -2.13. The van der Waals surface area contributed by atoms with E-state index in [-0.39, 0.29) is 29.4 Å². The molecular formula is C20H15ClF3N3O3. The van der Waals surface area contributed by atoms with Crippen molar-refractivity contribution in [3.63, 3.8) is 0 Å². The number of ether oxygens (including phenoxy) is 1. The van der Waals surface area contributed by atoms with Gasteiger partial charge in [-0.05, 0) is 30.3 Å². The van der Waals surface area contributed by atoms with E-state index in [1.807, 2.05) is 0 Å². The van der Waals surface area contributed by atoms with Gasteiger partial charge in [0, 0.05) is 18.9 Å². The number of carbonyl (C=O) groups excluding carboxylic acids is 2. The summed E-state index contributed by atoms with van der Waals surface area (Å²) in [5, 5.41) is 5.81. The van der Waals surface area contributed by atoms with Crippen molar-refractivity contribution in [3.8, 4) is 5.75 Å². The van der Waals surface area contributed by atoms with Crippen LogP contribution in [0.4, 0.5) is 18.9 Å². The molecular weight excluding hydrogens is 423 g/mol. The Kier molecular flexibility index (Phi) is 6.12. The summed E-state index contributed by atoms with van der Waals surface area (Å²) in [6.45, 7) is -0.338. The van der Waals surface area contributed by atoms with E-state index in [9.17, 15) is 22.8 Å². The smallest absolute Gasteiger partial charge is 0.417 e. The van der Waals surface area contributed by atoms with Crippen molar-refractivity contribution in [1.82, 2.24) is 9.78 Å². The number of alkyl halides is 3. The number of benzene rings is 2. The van der Waals surface area contributed by atoms with E-state index in [4.69, 9.17) is 16.3 Å². The van der Waals surface area contributed by atoms with Crippen molar-refractivity contribution in [1.29, 1.82) is 0 Å². The van der Waals surface area contributed by atoms with Crippen molar-refractivity contribution in [2.75, 3.05) is 11.9 Å². The topological polar surface area (TPSA) is 73.2 Å². The van der Waals surface area contributed by atoms with Crippen molar-refractivity contribution in [3.05, 3.63) is 76.6 Å². The standard InChI is InChI=1S/C20H15ClF3N3O3/c1-27-10-12(9-25-27)17(28)11-30-18-5-3-2-4-14(18)19(29)26-13-6-7-16(21)15(8-13)20(22,23)24/h2-10H,11H2,1H3,(H,26,29). The number of anilines is 1. The lowest BCUT2D eigenvalue weighted by atomic mass is 10.1. The number of halogens is 4. The van der Waals surface area contributed by atoms with E-state index in [1.165, 1.54) is 35.3 Å². The van der Waals surface area contributed by atoms with Crippen LogP contribution in [0.3, 0.4) is 0 Å². The maximum absolute atomic E-state index is 13.0. The van der Waals surface area contributed by atoms with Gasteiger partial charge >= 0.3 is 6.18 Å². The fraction of sp³-hybridized carbons (Fsp3) is 0.150. The molecule has 0 radical (unpaired) electrons. The van der Waals surface area contributed by atoms with Gasteiger partial charge < -0.3 is 10.1 Å². The number of hydrogen-bond donors (Lipinski definition) is 1. The Labute approximate surface area is 174 Å². The molecule has 0 spiro atoms. The Morgan fingerprint density at radius 2 is 1.93 bits per heavy atom. The molecule has 0 atom stereocenters. The van der Waals surface area contributed by atoms with Gasteiger partial charge in [-0.2, -0.15) is 18.3 Å². The van der Waals surface area contributed by atoms with Gasteiger partial charge in [0.15, 0.2) is 6.61 Å². The molecule has 3 rings (SSSR count). The lowest BCUT2D eigenvalue weighted by Crippen LogP contribution is -2.17. The molecule has 0 fully saturated rings. The highest BCUT2D eigenvalue weighted by atomic mass is 35.5. The first kappa shape index (κ1) is 21.4. The predicted molar refractivity (Wildman–Crippen MR) is 104 cm³/mol. The van der Waals surface area contributed by atoms with E-state index in [0.717, 1.165) is 12.1 Å². The molecule has 6 nitrogen and oxygen atoms in total. The first-order valence-electron chi connectivity index (χ1n) is 8.57. The van der Waals surface area contributed by atoms with E-state index in [0.29, 0.717) is 5.56 Å². The van der Waals surface area contributed by atoms with Gasteiger partial charge in [-0.1, -0.05) is 23.7 Å². The second-order valence-electron chi connectivity index (χ2n) is 6.26. The van der Waals surface area contributed by atoms with Crippen LogP contribution in [0.25, 0.3) is 0 Å². The summed E-state index contributed by atoms with van der Waals surface area (Å²) in [5.74, 6) is -0.932. The SMILES string of the molecule is Cn1cc(C(=O)COc2ccccc2C(=O)Nc2ccc(Cl)c(C(F)(F)F)c2)cn1. The van der Waals surface area contributed by atoms with Crippen LogP contribution in [0.5, 0.6) is 5.75 Å². The zero-order valence-electron chi connectivity index (χ0n) is 15.5. The minimum atomic E-state index is -4.66. The molecule has 3 aromatic rings. The van der Waals surface area contributed by atoms with Gasteiger partial charge in [-0.15, -0.1) is 0 Å². The van der Waals surface area contributed by atoms with Crippen LogP contribution >= 0.6 is 11.6 Å². The third kappa shape index (κ3) is 4.98. The first-order valence-corrected chi connectivity index (χ1v) is 8.94. The van der Waals surface area contributed by atoms with Gasteiger partial charge in [0.2, 0.25) is 5.78 Å². The van der Waals surface area contributed by atoms with Gasteiger partial charge in [0.1, 0.15) is 5.75 Å². The zero-order chi connectivity index (χ0) is 21.9. The summed E-state index contributed by atoms with van der Waals surface area (Å²) in [5.41, 5.74) is -0.744. The second kappa shape index (κ2) is 8.58. The minimum Gasteiger partial charge on any atom is -0.485 e. The molecule has 1 heterocycles. The highest BCUT2D eigenvalue weighted by molar-refractivity contribution is 6.31. The molecule has 0 aliphatic heterocycles. The lowest BCUT2D eigenvalue weighted by molar-refractivity contribution is -0.137.